The van der Waals surface area contributed by atoms with Crippen molar-refractivity contribution in [1.29, 1.82) is 5.26 Å². The second-order valence-electron chi connectivity index (χ2n) is 7.90. The minimum atomic E-state index is -4.39. The van der Waals surface area contributed by atoms with Crippen molar-refractivity contribution in [3.8, 4) is 6.19 Å². The van der Waals surface area contributed by atoms with Crippen molar-refractivity contribution in [2.24, 2.45) is 0 Å². The molecular formula is C21H22F3N5O. The van der Waals surface area contributed by atoms with Gasteiger partial charge in [0.15, 0.2) is 11.9 Å². The Morgan fingerprint density at radius 2 is 2.00 bits per heavy atom. The number of nitrogens with zero attached hydrogens (tertiary/aromatic N) is 4. The molecule has 1 amide bonds. The zero-order valence-corrected chi connectivity index (χ0v) is 16.6. The van der Waals surface area contributed by atoms with Crippen LogP contribution in [0, 0.1) is 18.4 Å². The fraction of sp³-hybridized carbons (Fsp3) is 0.476. The van der Waals surface area contributed by atoms with Crippen LogP contribution >= 0.6 is 0 Å². The quantitative estimate of drug-likeness (QED) is 0.758. The molecule has 0 radical (unpaired) electrons. The molecule has 1 fully saturated rings. The molecule has 0 aliphatic carbocycles. The van der Waals surface area contributed by atoms with E-state index in [-0.39, 0.29) is 17.4 Å². The van der Waals surface area contributed by atoms with Gasteiger partial charge in [-0.15, -0.1) is 0 Å². The number of carbonyl (C=O) groups excluding carboxylic acids is 1. The molecule has 0 spiro atoms. The van der Waals surface area contributed by atoms with Crippen LogP contribution in [0.4, 0.5) is 13.2 Å². The van der Waals surface area contributed by atoms with Gasteiger partial charge in [-0.1, -0.05) is 18.2 Å². The summed E-state index contributed by atoms with van der Waals surface area (Å²) in [4.78, 5) is 16.2. The van der Waals surface area contributed by atoms with Crippen LogP contribution in [-0.4, -0.2) is 45.5 Å². The third-order valence-corrected chi connectivity index (χ3v) is 6.09. The lowest BCUT2D eigenvalue weighted by molar-refractivity contribution is -0.139. The summed E-state index contributed by atoms with van der Waals surface area (Å²) in [6.45, 7) is 3.16. The number of likely N-dealkylation sites (tertiary alicyclic amines) is 1. The van der Waals surface area contributed by atoms with Crippen LogP contribution in [0.2, 0.25) is 0 Å². The third kappa shape index (κ3) is 3.62. The lowest BCUT2D eigenvalue weighted by Crippen LogP contribution is -2.39. The van der Waals surface area contributed by atoms with Crippen molar-refractivity contribution in [1.82, 2.24) is 20.0 Å². The number of H-pyrrole nitrogens is 1. The predicted molar refractivity (Wildman–Crippen MR) is 102 cm³/mol. The van der Waals surface area contributed by atoms with Crippen molar-refractivity contribution in [3.05, 3.63) is 51.8 Å². The number of nitrogens with one attached hydrogen (secondary N) is 1. The topological polar surface area (TPSA) is 76.0 Å². The number of hydrogen-bond acceptors (Lipinski definition) is 4. The number of aromatic nitrogens is 2. The molecule has 0 atom stereocenters. The Balaban J connectivity index is 1.49. The Morgan fingerprint density at radius 1 is 1.27 bits per heavy atom. The van der Waals surface area contributed by atoms with Crippen molar-refractivity contribution < 1.29 is 18.0 Å². The molecule has 1 aromatic carbocycles. The molecule has 9 heteroatoms. The summed E-state index contributed by atoms with van der Waals surface area (Å²) < 4.78 is 40.7. The van der Waals surface area contributed by atoms with Crippen molar-refractivity contribution in [2.75, 3.05) is 19.6 Å². The summed E-state index contributed by atoms with van der Waals surface area (Å²) >= 11 is 0. The lowest BCUT2D eigenvalue weighted by atomic mass is 9.84. The molecule has 2 aliphatic rings. The number of piperidine rings is 1. The van der Waals surface area contributed by atoms with E-state index in [0.717, 1.165) is 11.3 Å². The summed E-state index contributed by atoms with van der Waals surface area (Å²) in [6.07, 6.45) is -0.735. The highest BCUT2D eigenvalue weighted by Gasteiger charge is 2.38. The van der Waals surface area contributed by atoms with E-state index in [9.17, 15) is 18.0 Å². The van der Waals surface area contributed by atoms with Gasteiger partial charge in [0.05, 0.1) is 12.1 Å². The molecular weight excluding hydrogens is 395 g/mol. The summed E-state index contributed by atoms with van der Waals surface area (Å²) in [6, 6.07) is 4.70. The van der Waals surface area contributed by atoms with Crippen molar-refractivity contribution >= 4 is 5.91 Å². The minimum Gasteiger partial charge on any atom is -0.337 e. The maximum absolute atomic E-state index is 13.6. The molecule has 30 heavy (non-hydrogen) atoms. The molecule has 0 unspecified atom stereocenters. The first-order valence-electron chi connectivity index (χ1n) is 9.96. The Labute approximate surface area is 172 Å². The largest absolute Gasteiger partial charge is 0.416 e. The lowest BCUT2D eigenvalue weighted by Gasteiger charge is -2.33. The van der Waals surface area contributed by atoms with Gasteiger partial charge in [0.2, 0.25) is 0 Å². The molecule has 1 saturated heterocycles. The minimum absolute atomic E-state index is 0.226. The second-order valence-corrected chi connectivity index (χ2v) is 7.90. The number of alkyl halides is 3. The summed E-state index contributed by atoms with van der Waals surface area (Å²) in [5, 5.41) is 16.2. The molecule has 2 aromatic rings. The highest BCUT2D eigenvalue weighted by molar-refractivity contribution is 5.94. The van der Waals surface area contributed by atoms with Crippen LogP contribution in [-0.2, 0) is 19.1 Å². The van der Waals surface area contributed by atoms with E-state index in [1.165, 1.54) is 13.0 Å². The van der Waals surface area contributed by atoms with Gasteiger partial charge in [-0.05, 0) is 36.8 Å². The molecule has 2 aliphatic heterocycles. The number of nitriles is 1. The van der Waals surface area contributed by atoms with Crippen LogP contribution in [0.5, 0.6) is 0 Å². The first-order valence-corrected chi connectivity index (χ1v) is 9.96. The van der Waals surface area contributed by atoms with Crippen LogP contribution < -0.4 is 0 Å². The second kappa shape index (κ2) is 7.67. The number of amides is 1. The highest BCUT2D eigenvalue weighted by Crippen LogP contribution is 2.40. The molecule has 158 valence electrons. The number of rotatable bonds is 2. The van der Waals surface area contributed by atoms with E-state index in [0.29, 0.717) is 56.7 Å². The highest BCUT2D eigenvalue weighted by atomic mass is 19.4. The van der Waals surface area contributed by atoms with Crippen LogP contribution in [0.25, 0.3) is 0 Å². The van der Waals surface area contributed by atoms with Gasteiger partial charge < -0.3 is 9.80 Å². The van der Waals surface area contributed by atoms with Gasteiger partial charge >= 0.3 is 6.18 Å². The summed E-state index contributed by atoms with van der Waals surface area (Å²) in [5.41, 5.74) is 1.92. The number of halogens is 3. The third-order valence-electron chi connectivity index (χ3n) is 6.09. The smallest absolute Gasteiger partial charge is 0.337 e. The van der Waals surface area contributed by atoms with Crippen molar-refractivity contribution in [3.63, 3.8) is 0 Å². The SMILES string of the molecule is Cc1cccc(C2CCN(C(=O)c3n[nH]c4c3CN(C#N)CC4)CC2)c1C(F)(F)F. The number of carbonyl (C=O) groups is 1. The first-order chi connectivity index (χ1) is 14.3. The average Bonchev–Trinajstić information content (AvgIpc) is 3.15. The van der Waals surface area contributed by atoms with E-state index >= 15 is 0 Å². The normalized spacial score (nSPS) is 17.6. The predicted octanol–water partition coefficient (Wildman–Crippen LogP) is 3.60. The number of aryl methyl sites for hydroxylation is 1. The fourth-order valence-corrected chi connectivity index (χ4v) is 4.52. The van der Waals surface area contributed by atoms with Gasteiger partial charge in [-0.2, -0.15) is 23.5 Å². The monoisotopic (exact) mass is 417 g/mol. The Bertz CT molecular complexity index is 999. The fourth-order valence-electron chi connectivity index (χ4n) is 4.52. The van der Waals surface area contributed by atoms with Gasteiger partial charge in [-0.25, -0.2) is 0 Å². The van der Waals surface area contributed by atoms with Gasteiger partial charge in [0, 0.05) is 37.3 Å². The van der Waals surface area contributed by atoms with E-state index in [4.69, 9.17) is 5.26 Å². The standard InChI is InChI=1S/C21H22F3N5O/c1-13-3-2-4-15(18(13)21(22,23)24)14-5-9-29(10-6-14)20(30)19-16-11-28(12-25)8-7-17(16)26-27-19/h2-4,14H,5-11H2,1H3,(H,26,27). The Morgan fingerprint density at radius 3 is 2.67 bits per heavy atom. The Hall–Kier alpha value is -3.02. The molecule has 3 heterocycles. The van der Waals surface area contributed by atoms with Crippen LogP contribution in [0.15, 0.2) is 18.2 Å². The van der Waals surface area contributed by atoms with Crippen LogP contribution in [0.1, 0.15) is 57.2 Å². The van der Waals surface area contributed by atoms with E-state index in [1.54, 1.807) is 21.9 Å². The Kier molecular flexibility index (Phi) is 5.18. The van der Waals surface area contributed by atoms with Gasteiger partial charge in [-0.3, -0.25) is 9.89 Å². The molecule has 0 saturated carbocycles. The van der Waals surface area contributed by atoms with E-state index < -0.39 is 11.7 Å². The molecule has 6 nitrogen and oxygen atoms in total. The number of benzene rings is 1. The number of fused-ring (bicyclic) bond motifs is 1. The maximum Gasteiger partial charge on any atom is 0.416 e. The van der Waals surface area contributed by atoms with Crippen LogP contribution in [0.3, 0.4) is 0 Å². The van der Waals surface area contributed by atoms with Crippen molar-refractivity contribution in [2.45, 2.75) is 44.8 Å². The van der Waals surface area contributed by atoms with Gasteiger partial charge in [0.1, 0.15) is 0 Å². The number of hydrogen-bond donors (Lipinski definition) is 1. The zero-order chi connectivity index (χ0) is 21.5. The van der Waals surface area contributed by atoms with Gasteiger partial charge in [0.25, 0.3) is 5.91 Å². The molecule has 4 rings (SSSR count). The summed E-state index contributed by atoms with van der Waals surface area (Å²) in [7, 11) is 0. The molecule has 1 aromatic heterocycles. The summed E-state index contributed by atoms with van der Waals surface area (Å²) in [5.74, 6) is -0.473. The molecule has 1 N–H and O–H groups in total. The maximum atomic E-state index is 13.6. The molecule has 0 bridgehead atoms. The number of aromatic amines is 1. The average molecular weight is 417 g/mol. The van der Waals surface area contributed by atoms with E-state index in [1.807, 2.05) is 0 Å². The van der Waals surface area contributed by atoms with E-state index in [2.05, 4.69) is 16.4 Å². The first kappa shape index (κ1) is 20.3. The zero-order valence-electron chi connectivity index (χ0n) is 16.6.